The van der Waals surface area contributed by atoms with E-state index in [4.69, 9.17) is 16.3 Å². The van der Waals surface area contributed by atoms with Gasteiger partial charge in [0, 0.05) is 29.6 Å². The second-order valence-electron chi connectivity index (χ2n) is 5.60. The molecule has 2 aromatic carbocycles. The molecule has 1 aliphatic heterocycles. The van der Waals surface area contributed by atoms with Gasteiger partial charge in [-0.2, -0.15) is 0 Å². The van der Waals surface area contributed by atoms with Crippen molar-refractivity contribution in [3.05, 3.63) is 59.1 Å². The van der Waals surface area contributed by atoms with Crippen LogP contribution in [0.5, 0.6) is 11.5 Å². The number of carbonyl (C=O) groups excluding carboxylic acids is 2. The zero-order valence-corrected chi connectivity index (χ0v) is 13.7. The van der Waals surface area contributed by atoms with E-state index in [-0.39, 0.29) is 17.9 Å². The highest BCUT2D eigenvalue weighted by atomic mass is 35.5. The molecular formula is C18H17ClN2O3. The molecule has 2 amide bonds. The highest BCUT2D eigenvalue weighted by Gasteiger charge is 2.20. The Morgan fingerprint density at radius 2 is 1.96 bits per heavy atom. The first-order chi connectivity index (χ1) is 11.6. The van der Waals surface area contributed by atoms with Crippen LogP contribution in [0.3, 0.4) is 0 Å². The van der Waals surface area contributed by atoms with Crippen LogP contribution in [-0.4, -0.2) is 24.4 Å². The molecule has 0 aromatic heterocycles. The molecular weight excluding hydrogens is 328 g/mol. The summed E-state index contributed by atoms with van der Waals surface area (Å²) >= 11 is 5.85. The van der Waals surface area contributed by atoms with Gasteiger partial charge in [0.15, 0.2) is 0 Å². The van der Waals surface area contributed by atoms with Crippen molar-refractivity contribution < 1.29 is 14.3 Å². The maximum absolute atomic E-state index is 12.3. The molecule has 0 unspecified atom stereocenters. The Bertz CT molecular complexity index is 736. The second kappa shape index (κ2) is 7.36. The molecule has 0 radical (unpaired) electrons. The number of nitrogens with one attached hydrogen (secondary N) is 2. The van der Waals surface area contributed by atoms with Crippen LogP contribution in [0.2, 0.25) is 5.02 Å². The minimum Gasteiger partial charge on any atom is -0.457 e. The lowest BCUT2D eigenvalue weighted by Gasteiger charge is -2.23. The minimum atomic E-state index is -0.183. The summed E-state index contributed by atoms with van der Waals surface area (Å²) in [5, 5.41) is 6.31. The maximum atomic E-state index is 12.3. The molecule has 3 rings (SSSR count). The highest BCUT2D eigenvalue weighted by molar-refractivity contribution is 6.30. The molecule has 6 heteroatoms. The average Bonchev–Trinajstić information content (AvgIpc) is 2.59. The summed E-state index contributed by atoms with van der Waals surface area (Å²) in [6.07, 6.45) is 1.09. The van der Waals surface area contributed by atoms with Crippen molar-refractivity contribution in [3.8, 4) is 11.5 Å². The van der Waals surface area contributed by atoms with Crippen LogP contribution in [0.4, 0.5) is 0 Å². The predicted molar refractivity (Wildman–Crippen MR) is 91.5 cm³/mol. The molecule has 24 heavy (non-hydrogen) atoms. The number of piperidine rings is 1. The predicted octanol–water partition coefficient (Wildman–Crippen LogP) is 3.14. The fraction of sp³-hybridized carbons (Fsp3) is 0.222. The molecule has 5 nitrogen and oxygen atoms in total. The number of carbonyl (C=O) groups is 2. The molecule has 0 aliphatic carbocycles. The molecule has 2 N–H and O–H groups in total. The number of ether oxygens (including phenoxy) is 1. The number of amides is 2. The van der Waals surface area contributed by atoms with Gasteiger partial charge in [-0.15, -0.1) is 0 Å². The fourth-order valence-corrected chi connectivity index (χ4v) is 2.59. The van der Waals surface area contributed by atoms with Gasteiger partial charge in [-0.05, 0) is 48.9 Å². The Morgan fingerprint density at radius 3 is 2.67 bits per heavy atom. The first-order valence-electron chi connectivity index (χ1n) is 7.71. The molecule has 124 valence electrons. The molecule has 1 saturated heterocycles. The van der Waals surface area contributed by atoms with Gasteiger partial charge < -0.3 is 15.4 Å². The van der Waals surface area contributed by atoms with Gasteiger partial charge in [0.1, 0.15) is 11.5 Å². The second-order valence-corrected chi connectivity index (χ2v) is 6.03. The summed E-state index contributed by atoms with van der Waals surface area (Å²) < 4.78 is 5.73. The first-order valence-corrected chi connectivity index (χ1v) is 8.09. The van der Waals surface area contributed by atoms with E-state index in [0.717, 1.165) is 0 Å². The molecule has 1 atom stereocenters. The van der Waals surface area contributed by atoms with Crippen LogP contribution in [0, 0.1) is 0 Å². The Hall–Kier alpha value is -2.53. The van der Waals surface area contributed by atoms with Gasteiger partial charge in [-0.3, -0.25) is 9.59 Å². The van der Waals surface area contributed by atoms with E-state index in [2.05, 4.69) is 10.6 Å². The summed E-state index contributed by atoms with van der Waals surface area (Å²) in [7, 11) is 0. The van der Waals surface area contributed by atoms with Gasteiger partial charge in [0.25, 0.3) is 5.91 Å². The Balaban J connectivity index is 1.64. The first kappa shape index (κ1) is 16.3. The van der Waals surface area contributed by atoms with E-state index in [1.807, 2.05) is 0 Å². The van der Waals surface area contributed by atoms with E-state index in [1.165, 1.54) is 0 Å². The van der Waals surface area contributed by atoms with Gasteiger partial charge in [-0.1, -0.05) is 17.7 Å². The topological polar surface area (TPSA) is 67.4 Å². The van der Waals surface area contributed by atoms with Crippen molar-refractivity contribution >= 4 is 23.4 Å². The summed E-state index contributed by atoms with van der Waals surface area (Å²) in [5.41, 5.74) is 0.512. The number of hydrogen-bond acceptors (Lipinski definition) is 3. The summed E-state index contributed by atoms with van der Waals surface area (Å²) in [6, 6.07) is 13.9. The molecule has 0 bridgehead atoms. The van der Waals surface area contributed by atoms with E-state index in [9.17, 15) is 9.59 Å². The van der Waals surface area contributed by atoms with E-state index < -0.39 is 0 Å². The molecule has 0 saturated carbocycles. The van der Waals surface area contributed by atoms with Crippen LogP contribution in [0.15, 0.2) is 48.5 Å². The van der Waals surface area contributed by atoms with E-state index in [0.29, 0.717) is 41.5 Å². The van der Waals surface area contributed by atoms with Crippen LogP contribution in [0.1, 0.15) is 23.2 Å². The Morgan fingerprint density at radius 1 is 1.17 bits per heavy atom. The van der Waals surface area contributed by atoms with Crippen molar-refractivity contribution in [2.45, 2.75) is 18.9 Å². The standard InChI is InChI=1S/C18H17ClN2O3/c19-13-4-7-15(8-5-13)24-16-3-1-2-12(10-16)18(23)21-14-6-9-17(22)20-11-14/h1-5,7-8,10,14H,6,9,11H2,(H,20,22)(H,21,23)/t14-/m1/s1. The minimum absolute atomic E-state index is 0.0267. The lowest BCUT2D eigenvalue weighted by Crippen LogP contribution is -2.47. The third kappa shape index (κ3) is 4.26. The number of halogens is 1. The average molecular weight is 345 g/mol. The molecule has 1 aliphatic rings. The van der Waals surface area contributed by atoms with Crippen LogP contribution in [0.25, 0.3) is 0 Å². The van der Waals surface area contributed by atoms with E-state index >= 15 is 0 Å². The van der Waals surface area contributed by atoms with Crippen LogP contribution >= 0.6 is 11.6 Å². The summed E-state index contributed by atoms with van der Waals surface area (Å²) in [6.45, 7) is 0.464. The Labute approximate surface area is 145 Å². The van der Waals surface area contributed by atoms with Gasteiger partial charge in [0.2, 0.25) is 5.91 Å². The third-order valence-corrected chi connectivity index (χ3v) is 4.00. The zero-order valence-electron chi connectivity index (χ0n) is 12.9. The monoisotopic (exact) mass is 344 g/mol. The highest BCUT2D eigenvalue weighted by Crippen LogP contribution is 2.23. The number of hydrogen-bond donors (Lipinski definition) is 2. The fourth-order valence-electron chi connectivity index (χ4n) is 2.46. The lowest BCUT2D eigenvalue weighted by molar-refractivity contribution is -0.122. The van der Waals surface area contributed by atoms with Gasteiger partial charge in [0.05, 0.1) is 0 Å². The molecule has 0 spiro atoms. The van der Waals surface area contributed by atoms with Crippen molar-refractivity contribution in [1.29, 1.82) is 0 Å². The Kier molecular flexibility index (Phi) is 5.01. The normalized spacial score (nSPS) is 17.0. The lowest BCUT2D eigenvalue weighted by atomic mass is 10.1. The van der Waals surface area contributed by atoms with Gasteiger partial charge >= 0.3 is 0 Å². The smallest absolute Gasteiger partial charge is 0.251 e. The van der Waals surface area contributed by atoms with Crippen molar-refractivity contribution in [2.24, 2.45) is 0 Å². The molecule has 1 heterocycles. The summed E-state index contributed by atoms with van der Waals surface area (Å²) in [5.74, 6) is 1.06. The molecule has 1 fully saturated rings. The number of rotatable bonds is 4. The van der Waals surface area contributed by atoms with Crippen molar-refractivity contribution in [1.82, 2.24) is 10.6 Å². The third-order valence-electron chi connectivity index (χ3n) is 3.75. The SMILES string of the molecule is O=C1CC[C@@H](NC(=O)c2cccc(Oc3ccc(Cl)cc3)c2)CN1. The largest absolute Gasteiger partial charge is 0.457 e. The van der Waals surface area contributed by atoms with Crippen LogP contribution in [-0.2, 0) is 4.79 Å². The number of benzene rings is 2. The van der Waals surface area contributed by atoms with Crippen molar-refractivity contribution in [2.75, 3.05) is 6.54 Å². The molecule has 2 aromatic rings. The van der Waals surface area contributed by atoms with Gasteiger partial charge in [-0.25, -0.2) is 0 Å². The maximum Gasteiger partial charge on any atom is 0.251 e. The zero-order chi connectivity index (χ0) is 16.9. The summed E-state index contributed by atoms with van der Waals surface area (Å²) in [4.78, 5) is 23.5. The van der Waals surface area contributed by atoms with Crippen LogP contribution < -0.4 is 15.4 Å². The van der Waals surface area contributed by atoms with Crippen molar-refractivity contribution in [3.63, 3.8) is 0 Å². The van der Waals surface area contributed by atoms with E-state index in [1.54, 1.807) is 48.5 Å². The quantitative estimate of drug-likeness (QED) is 0.895.